The summed E-state index contributed by atoms with van der Waals surface area (Å²) in [4.78, 5) is 0. The molecule has 0 saturated heterocycles. The van der Waals surface area contributed by atoms with E-state index in [2.05, 4.69) is 12.1 Å². The van der Waals surface area contributed by atoms with E-state index in [4.69, 9.17) is 15.2 Å². The highest BCUT2D eigenvalue weighted by Crippen LogP contribution is 2.26. The average Bonchev–Trinajstić information content (AvgIpc) is 2.46. The summed E-state index contributed by atoms with van der Waals surface area (Å²) in [6.07, 6.45) is 2.18. The third-order valence-corrected chi connectivity index (χ3v) is 3.51. The lowest BCUT2D eigenvalue weighted by Gasteiger charge is -2.32. The Kier molecular flexibility index (Phi) is 3.88. The van der Waals surface area contributed by atoms with E-state index in [1.54, 1.807) is 0 Å². The molecule has 104 valence electrons. The van der Waals surface area contributed by atoms with Crippen molar-refractivity contribution in [1.82, 2.24) is 0 Å². The van der Waals surface area contributed by atoms with Crippen LogP contribution in [-0.4, -0.2) is 12.1 Å². The minimum Gasteiger partial charge on any atom is -0.490 e. The molecular weight excluding hydrogens is 250 g/mol. The molecule has 0 amide bonds. The Morgan fingerprint density at radius 3 is 2.20 bits per heavy atom. The van der Waals surface area contributed by atoms with Crippen molar-refractivity contribution < 1.29 is 9.47 Å². The molecule has 0 unspecified atom stereocenters. The highest BCUT2D eigenvalue weighted by atomic mass is 16.5. The van der Waals surface area contributed by atoms with Crippen molar-refractivity contribution in [2.45, 2.75) is 31.6 Å². The molecule has 3 nitrogen and oxygen atoms in total. The van der Waals surface area contributed by atoms with Crippen LogP contribution in [-0.2, 0) is 6.61 Å². The summed E-state index contributed by atoms with van der Waals surface area (Å²) in [7, 11) is 0. The predicted octanol–water partition coefficient (Wildman–Crippen LogP) is 3.13. The third kappa shape index (κ3) is 3.31. The fourth-order valence-electron chi connectivity index (χ4n) is 2.25. The molecule has 20 heavy (non-hydrogen) atoms. The zero-order valence-corrected chi connectivity index (χ0v) is 11.4. The van der Waals surface area contributed by atoms with Crippen LogP contribution in [0.5, 0.6) is 11.5 Å². The summed E-state index contributed by atoms with van der Waals surface area (Å²) < 4.78 is 11.5. The van der Waals surface area contributed by atoms with Gasteiger partial charge < -0.3 is 15.2 Å². The van der Waals surface area contributed by atoms with Crippen LogP contribution in [0.3, 0.4) is 0 Å². The van der Waals surface area contributed by atoms with Crippen molar-refractivity contribution >= 4 is 0 Å². The second-order valence-electron chi connectivity index (χ2n) is 5.22. The first-order valence-electron chi connectivity index (χ1n) is 6.98. The first-order valence-corrected chi connectivity index (χ1v) is 6.98. The summed E-state index contributed by atoms with van der Waals surface area (Å²) in [6, 6.07) is 18.2. The zero-order valence-electron chi connectivity index (χ0n) is 11.4. The second-order valence-corrected chi connectivity index (χ2v) is 5.22. The second kappa shape index (κ2) is 5.97. The van der Waals surface area contributed by atoms with Gasteiger partial charge in [-0.2, -0.15) is 0 Å². The smallest absolute Gasteiger partial charge is 0.120 e. The highest BCUT2D eigenvalue weighted by molar-refractivity contribution is 5.31. The lowest BCUT2D eigenvalue weighted by Crippen LogP contribution is -2.43. The largest absolute Gasteiger partial charge is 0.490 e. The molecule has 0 heterocycles. The quantitative estimate of drug-likeness (QED) is 0.907. The number of ether oxygens (including phenoxy) is 2. The van der Waals surface area contributed by atoms with E-state index in [1.807, 2.05) is 42.5 Å². The lowest BCUT2D eigenvalue weighted by atomic mass is 9.90. The van der Waals surface area contributed by atoms with Crippen LogP contribution < -0.4 is 15.2 Å². The first-order chi connectivity index (χ1) is 9.79. The van der Waals surface area contributed by atoms with Gasteiger partial charge in [-0.3, -0.25) is 0 Å². The molecule has 1 aliphatic rings. The van der Waals surface area contributed by atoms with Crippen LogP contribution in [0.4, 0.5) is 0 Å². The minimum atomic E-state index is 0.279. The summed E-state index contributed by atoms with van der Waals surface area (Å²) in [5.74, 6) is 1.74. The van der Waals surface area contributed by atoms with E-state index >= 15 is 0 Å². The minimum absolute atomic E-state index is 0.279. The molecule has 1 aliphatic carbocycles. The van der Waals surface area contributed by atoms with E-state index in [0.29, 0.717) is 12.6 Å². The lowest BCUT2D eigenvalue weighted by molar-refractivity contribution is 0.101. The van der Waals surface area contributed by atoms with E-state index in [0.717, 1.165) is 29.9 Å². The summed E-state index contributed by atoms with van der Waals surface area (Å²) in [6.45, 7) is 0.582. The predicted molar refractivity (Wildman–Crippen MR) is 78.8 cm³/mol. The number of hydrogen-bond donors (Lipinski definition) is 1. The maximum atomic E-state index is 5.80. The van der Waals surface area contributed by atoms with Crippen molar-refractivity contribution in [2.75, 3.05) is 0 Å². The van der Waals surface area contributed by atoms with Gasteiger partial charge >= 0.3 is 0 Å². The van der Waals surface area contributed by atoms with Gasteiger partial charge in [0.15, 0.2) is 0 Å². The Morgan fingerprint density at radius 2 is 1.55 bits per heavy atom. The Balaban J connectivity index is 1.51. The molecular formula is C17H19NO2. The SMILES string of the molecule is NC1CC(Oc2ccc(OCc3ccccc3)cc2)C1. The van der Waals surface area contributed by atoms with E-state index in [-0.39, 0.29) is 6.10 Å². The summed E-state index contributed by atoms with van der Waals surface area (Å²) in [5, 5.41) is 0. The van der Waals surface area contributed by atoms with Gasteiger partial charge in [0.05, 0.1) is 0 Å². The van der Waals surface area contributed by atoms with Crippen LogP contribution in [0.15, 0.2) is 54.6 Å². The Bertz CT molecular complexity index is 533. The molecule has 2 aromatic rings. The van der Waals surface area contributed by atoms with Crippen molar-refractivity contribution in [3.05, 3.63) is 60.2 Å². The molecule has 2 aromatic carbocycles. The molecule has 3 heteroatoms. The highest BCUT2D eigenvalue weighted by Gasteiger charge is 2.27. The van der Waals surface area contributed by atoms with Crippen molar-refractivity contribution in [2.24, 2.45) is 5.73 Å². The van der Waals surface area contributed by atoms with E-state index in [1.165, 1.54) is 0 Å². The molecule has 1 fully saturated rings. The summed E-state index contributed by atoms with van der Waals surface area (Å²) >= 11 is 0. The summed E-state index contributed by atoms with van der Waals surface area (Å²) in [5.41, 5.74) is 6.90. The van der Waals surface area contributed by atoms with Crippen LogP contribution in [0.25, 0.3) is 0 Å². The zero-order chi connectivity index (χ0) is 13.8. The van der Waals surface area contributed by atoms with Gasteiger partial charge in [0, 0.05) is 6.04 Å². The van der Waals surface area contributed by atoms with Gasteiger partial charge in [0.1, 0.15) is 24.2 Å². The average molecular weight is 269 g/mol. The molecule has 0 spiro atoms. The molecule has 0 atom stereocenters. The number of benzene rings is 2. The van der Waals surface area contributed by atoms with Crippen LogP contribution in [0, 0.1) is 0 Å². The van der Waals surface area contributed by atoms with Gasteiger partial charge in [-0.1, -0.05) is 30.3 Å². The standard InChI is InChI=1S/C17H19NO2/c18-14-10-17(11-14)20-16-8-6-15(7-9-16)19-12-13-4-2-1-3-5-13/h1-9,14,17H,10-12,18H2. The first kappa shape index (κ1) is 13.0. The molecule has 0 bridgehead atoms. The number of nitrogens with two attached hydrogens (primary N) is 1. The van der Waals surface area contributed by atoms with Crippen LogP contribution in [0.2, 0.25) is 0 Å². The molecule has 1 saturated carbocycles. The van der Waals surface area contributed by atoms with Crippen LogP contribution >= 0.6 is 0 Å². The Hall–Kier alpha value is -2.00. The Labute approximate surface area is 119 Å². The van der Waals surface area contributed by atoms with Gasteiger partial charge in [0.25, 0.3) is 0 Å². The molecule has 2 N–H and O–H groups in total. The van der Waals surface area contributed by atoms with E-state index in [9.17, 15) is 0 Å². The van der Waals surface area contributed by atoms with E-state index < -0.39 is 0 Å². The fraction of sp³-hybridized carbons (Fsp3) is 0.294. The molecule has 0 radical (unpaired) electrons. The fourth-order valence-corrected chi connectivity index (χ4v) is 2.25. The topological polar surface area (TPSA) is 44.5 Å². The molecule has 0 aromatic heterocycles. The molecule has 3 rings (SSSR count). The van der Waals surface area contributed by atoms with Crippen molar-refractivity contribution in [1.29, 1.82) is 0 Å². The van der Waals surface area contributed by atoms with Gasteiger partial charge in [-0.05, 0) is 42.7 Å². The van der Waals surface area contributed by atoms with Gasteiger partial charge in [-0.25, -0.2) is 0 Å². The maximum absolute atomic E-state index is 5.80. The monoisotopic (exact) mass is 269 g/mol. The maximum Gasteiger partial charge on any atom is 0.120 e. The molecule has 0 aliphatic heterocycles. The third-order valence-electron chi connectivity index (χ3n) is 3.51. The van der Waals surface area contributed by atoms with Crippen molar-refractivity contribution in [3.8, 4) is 11.5 Å². The normalized spacial score (nSPS) is 21.1. The van der Waals surface area contributed by atoms with Gasteiger partial charge in [0.2, 0.25) is 0 Å². The van der Waals surface area contributed by atoms with Gasteiger partial charge in [-0.15, -0.1) is 0 Å². The Morgan fingerprint density at radius 1 is 0.900 bits per heavy atom. The van der Waals surface area contributed by atoms with Crippen LogP contribution in [0.1, 0.15) is 18.4 Å². The number of rotatable bonds is 5. The van der Waals surface area contributed by atoms with Crippen molar-refractivity contribution in [3.63, 3.8) is 0 Å². The number of hydrogen-bond acceptors (Lipinski definition) is 3.